The van der Waals surface area contributed by atoms with Gasteiger partial charge in [0.05, 0.1) is 23.1 Å². The molecule has 0 bridgehead atoms. The molecule has 0 atom stereocenters. The van der Waals surface area contributed by atoms with Gasteiger partial charge in [0.25, 0.3) is 0 Å². The van der Waals surface area contributed by atoms with Gasteiger partial charge in [0.2, 0.25) is 25.9 Å². The number of nitro groups is 1. The molecule has 0 saturated carbocycles. The Kier molecular flexibility index (Phi) is 4.41. The van der Waals surface area contributed by atoms with Crippen LogP contribution in [0.3, 0.4) is 0 Å². The molecule has 12 heteroatoms. The standard InChI is InChI=1S/C8H8BrFN2O6S2/c1-19(15,16)12(20(2,17)18)7-4-8(11(13)14)6(10)3-5(7)9/h3-4H,1-2H3. The van der Waals surface area contributed by atoms with Gasteiger partial charge in [-0.2, -0.15) is 8.10 Å². The van der Waals surface area contributed by atoms with Crippen molar-refractivity contribution in [3.8, 4) is 0 Å². The van der Waals surface area contributed by atoms with E-state index in [1.165, 1.54) is 0 Å². The van der Waals surface area contributed by atoms with E-state index < -0.39 is 42.2 Å². The van der Waals surface area contributed by atoms with Gasteiger partial charge in [-0.3, -0.25) is 10.1 Å². The molecule has 1 aromatic carbocycles. The Hall–Kier alpha value is -1.27. The van der Waals surface area contributed by atoms with Gasteiger partial charge in [-0.25, -0.2) is 16.8 Å². The summed E-state index contributed by atoms with van der Waals surface area (Å²) in [7, 11) is -8.57. The highest BCUT2D eigenvalue weighted by Crippen LogP contribution is 2.35. The van der Waals surface area contributed by atoms with Crippen LogP contribution in [0.25, 0.3) is 0 Å². The third-order valence-corrected chi connectivity index (χ3v) is 5.87. The minimum Gasteiger partial charge on any atom is -0.258 e. The largest absolute Gasteiger partial charge is 0.307 e. The third-order valence-electron chi connectivity index (χ3n) is 2.01. The number of halogens is 2. The van der Waals surface area contributed by atoms with E-state index in [9.17, 15) is 31.3 Å². The first kappa shape index (κ1) is 16.8. The van der Waals surface area contributed by atoms with Gasteiger partial charge in [-0.1, -0.05) is 0 Å². The van der Waals surface area contributed by atoms with Gasteiger partial charge in [-0.05, 0) is 22.0 Å². The lowest BCUT2D eigenvalue weighted by atomic mass is 10.3. The summed E-state index contributed by atoms with van der Waals surface area (Å²) in [4.78, 5) is 9.55. The number of hydrogen-bond acceptors (Lipinski definition) is 6. The Morgan fingerprint density at radius 2 is 1.65 bits per heavy atom. The number of sulfonamides is 2. The van der Waals surface area contributed by atoms with Crippen molar-refractivity contribution in [2.75, 3.05) is 16.2 Å². The average molecular weight is 391 g/mol. The smallest absolute Gasteiger partial charge is 0.258 e. The van der Waals surface area contributed by atoms with Crippen LogP contribution in [0.5, 0.6) is 0 Å². The normalized spacial score (nSPS) is 12.2. The Balaban J connectivity index is 3.75. The van der Waals surface area contributed by atoms with E-state index in [1.54, 1.807) is 0 Å². The fraction of sp³-hybridized carbons (Fsp3) is 0.250. The molecule has 0 unspecified atom stereocenters. The Morgan fingerprint density at radius 1 is 1.20 bits per heavy atom. The van der Waals surface area contributed by atoms with Crippen molar-refractivity contribution in [3.05, 3.63) is 32.5 Å². The first-order valence-corrected chi connectivity index (χ1v) is 9.18. The number of rotatable bonds is 4. The van der Waals surface area contributed by atoms with Crippen molar-refractivity contribution >= 4 is 47.4 Å². The zero-order chi connectivity index (χ0) is 15.9. The highest BCUT2D eigenvalue weighted by atomic mass is 79.9. The van der Waals surface area contributed by atoms with E-state index in [0.717, 1.165) is 0 Å². The molecular weight excluding hydrogens is 383 g/mol. The molecule has 0 aliphatic carbocycles. The highest BCUT2D eigenvalue weighted by molar-refractivity contribution is 9.10. The number of anilines is 1. The molecule has 1 aromatic rings. The summed E-state index contributed by atoms with van der Waals surface area (Å²) in [5, 5.41) is 10.6. The summed E-state index contributed by atoms with van der Waals surface area (Å²) in [6.07, 6.45) is 1.21. The van der Waals surface area contributed by atoms with E-state index in [-0.39, 0.29) is 8.18 Å². The number of nitro benzene ring substituents is 1. The lowest BCUT2D eigenvalue weighted by Crippen LogP contribution is -2.35. The van der Waals surface area contributed by atoms with Crippen molar-refractivity contribution in [2.45, 2.75) is 0 Å². The molecule has 0 aliphatic rings. The lowest BCUT2D eigenvalue weighted by molar-refractivity contribution is -0.387. The second kappa shape index (κ2) is 5.26. The number of benzene rings is 1. The fourth-order valence-corrected chi connectivity index (χ4v) is 5.12. The van der Waals surface area contributed by atoms with E-state index in [4.69, 9.17) is 0 Å². The van der Waals surface area contributed by atoms with E-state index in [0.29, 0.717) is 24.6 Å². The van der Waals surface area contributed by atoms with Gasteiger partial charge in [0, 0.05) is 10.5 Å². The molecule has 0 heterocycles. The van der Waals surface area contributed by atoms with E-state index >= 15 is 0 Å². The molecule has 0 saturated heterocycles. The predicted octanol–water partition coefficient (Wildman–Crippen LogP) is 1.22. The first-order chi connectivity index (χ1) is 8.85. The van der Waals surface area contributed by atoms with Crippen LogP contribution in [-0.2, 0) is 20.0 Å². The maximum Gasteiger partial charge on any atom is 0.307 e. The maximum absolute atomic E-state index is 13.3. The summed E-state index contributed by atoms with van der Waals surface area (Å²) >= 11 is 2.78. The van der Waals surface area contributed by atoms with Gasteiger partial charge in [0.1, 0.15) is 0 Å². The first-order valence-electron chi connectivity index (χ1n) is 4.69. The summed E-state index contributed by atoms with van der Waals surface area (Å²) < 4.78 is 59.3. The Morgan fingerprint density at radius 3 is 2.00 bits per heavy atom. The summed E-state index contributed by atoms with van der Waals surface area (Å²) in [5.74, 6) is -1.23. The number of hydrogen-bond donors (Lipinski definition) is 0. The highest BCUT2D eigenvalue weighted by Gasteiger charge is 2.31. The SMILES string of the molecule is CS(=O)(=O)N(c1cc([N+](=O)[O-])c(F)cc1Br)S(C)(=O)=O. The topological polar surface area (TPSA) is 115 Å². The zero-order valence-corrected chi connectivity index (χ0v) is 13.3. The molecule has 20 heavy (non-hydrogen) atoms. The van der Waals surface area contributed by atoms with Crippen LogP contribution in [0.4, 0.5) is 15.8 Å². The van der Waals surface area contributed by atoms with Crippen LogP contribution in [0, 0.1) is 15.9 Å². The molecule has 0 fully saturated rings. The van der Waals surface area contributed by atoms with Crippen LogP contribution in [0.15, 0.2) is 16.6 Å². The van der Waals surface area contributed by atoms with Crippen LogP contribution < -0.4 is 3.71 Å². The third kappa shape index (κ3) is 3.43. The van der Waals surface area contributed by atoms with Crippen molar-refractivity contribution in [3.63, 3.8) is 0 Å². The average Bonchev–Trinajstić information content (AvgIpc) is 2.17. The quantitative estimate of drug-likeness (QED) is 0.563. The number of nitrogens with zero attached hydrogens (tertiary/aromatic N) is 2. The molecule has 0 radical (unpaired) electrons. The summed E-state index contributed by atoms with van der Waals surface area (Å²) in [6, 6.07) is 1.15. The molecule has 8 nitrogen and oxygen atoms in total. The Bertz CT molecular complexity index is 744. The van der Waals surface area contributed by atoms with Crippen LogP contribution in [-0.4, -0.2) is 34.3 Å². The Labute approximate surface area is 122 Å². The minimum atomic E-state index is -4.28. The monoisotopic (exact) mass is 390 g/mol. The molecule has 0 aliphatic heterocycles. The molecule has 0 amide bonds. The van der Waals surface area contributed by atoms with E-state index in [2.05, 4.69) is 15.9 Å². The molecular formula is C8H8BrFN2O6S2. The van der Waals surface area contributed by atoms with Crippen LogP contribution in [0.1, 0.15) is 0 Å². The van der Waals surface area contributed by atoms with Crippen molar-refractivity contribution in [1.29, 1.82) is 0 Å². The minimum absolute atomic E-state index is 0.0173. The summed E-state index contributed by atoms with van der Waals surface area (Å²) in [5.41, 5.74) is -1.61. The van der Waals surface area contributed by atoms with Gasteiger partial charge >= 0.3 is 5.69 Å². The van der Waals surface area contributed by atoms with Crippen LogP contribution in [0.2, 0.25) is 0 Å². The molecule has 0 aromatic heterocycles. The molecule has 112 valence electrons. The molecule has 1 rings (SSSR count). The molecule has 0 N–H and O–H groups in total. The van der Waals surface area contributed by atoms with Crippen molar-refractivity contribution < 1.29 is 26.1 Å². The van der Waals surface area contributed by atoms with Gasteiger partial charge in [-0.15, -0.1) is 0 Å². The second-order valence-corrected chi connectivity index (χ2v) is 8.48. The van der Waals surface area contributed by atoms with Crippen molar-refractivity contribution in [1.82, 2.24) is 0 Å². The van der Waals surface area contributed by atoms with Crippen molar-refractivity contribution in [2.24, 2.45) is 0 Å². The lowest BCUT2D eigenvalue weighted by Gasteiger charge is -2.20. The van der Waals surface area contributed by atoms with Gasteiger partial charge < -0.3 is 0 Å². The van der Waals surface area contributed by atoms with Gasteiger partial charge in [0.15, 0.2) is 0 Å². The fourth-order valence-electron chi connectivity index (χ4n) is 1.41. The second-order valence-electron chi connectivity index (χ2n) is 3.74. The maximum atomic E-state index is 13.3. The summed E-state index contributed by atoms with van der Waals surface area (Å²) in [6.45, 7) is 0. The molecule has 0 spiro atoms. The van der Waals surface area contributed by atoms with Crippen LogP contribution >= 0.6 is 15.9 Å². The zero-order valence-electron chi connectivity index (χ0n) is 10.1. The predicted molar refractivity (Wildman–Crippen MR) is 72.9 cm³/mol. The van der Waals surface area contributed by atoms with E-state index in [1.807, 2.05) is 0 Å².